The van der Waals surface area contributed by atoms with Gasteiger partial charge in [-0.05, 0) is 54.6 Å². The van der Waals surface area contributed by atoms with Gasteiger partial charge in [0, 0.05) is 11.3 Å². The zero-order chi connectivity index (χ0) is 22.0. The van der Waals surface area contributed by atoms with E-state index in [4.69, 9.17) is 9.47 Å². The zero-order valence-corrected chi connectivity index (χ0v) is 16.8. The van der Waals surface area contributed by atoms with Crippen molar-refractivity contribution >= 4 is 17.9 Å². The van der Waals surface area contributed by atoms with Crippen LogP contribution in [0.2, 0.25) is 0 Å². The van der Waals surface area contributed by atoms with Crippen LogP contribution >= 0.6 is 0 Å². The van der Waals surface area contributed by atoms with Crippen LogP contribution in [-0.4, -0.2) is 43.9 Å². The minimum absolute atomic E-state index is 0.105. The molecule has 2 aromatic carbocycles. The third-order valence-electron chi connectivity index (χ3n) is 4.75. The van der Waals surface area contributed by atoms with Gasteiger partial charge in [-0.25, -0.2) is 9.59 Å². The van der Waals surface area contributed by atoms with E-state index >= 15 is 0 Å². The van der Waals surface area contributed by atoms with Gasteiger partial charge in [0.15, 0.2) is 0 Å². The highest BCUT2D eigenvalue weighted by Gasteiger charge is 2.35. The van der Waals surface area contributed by atoms with Gasteiger partial charge in [0.05, 0.1) is 17.7 Å². The average Bonchev–Trinajstić information content (AvgIpc) is 3.22. The summed E-state index contributed by atoms with van der Waals surface area (Å²) in [6.07, 6.45) is 0. The van der Waals surface area contributed by atoms with Crippen molar-refractivity contribution in [2.45, 2.75) is 19.9 Å². The molecule has 0 saturated carbocycles. The highest BCUT2D eigenvalue weighted by Crippen LogP contribution is 2.39. The molecule has 0 radical (unpaired) electrons. The van der Waals surface area contributed by atoms with Crippen molar-refractivity contribution in [3.63, 3.8) is 0 Å². The lowest BCUT2D eigenvalue weighted by atomic mass is 9.95. The van der Waals surface area contributed by atoms with Gasteiger partial charge in [-0.1, -0.05) is 23.3 Å². The molecule has 1 aliphatic rings. The van der Waals surface area contributed by atoms with Crippen LogP contribution in [0.15, 0.2) is 59.8 Å². The number of benzene rings is 2. The maximum Gasteiger partial charge on any atom is 0.338 e. The summed E-state index contributed by atoms with van der Waals surface area (Å²) in [5.74, 6) is -0.261. The standard InChI is InChI=1S/C21H19N5O5/c1-3-30-20(29)13-8-10-14(11-9-13)31-16-7-5-4-6-15(16)18-17(19(27)28)12(2)22-21-23-24-25-26(18)21/h4-11,18H,3H2,1-2H3,(H,27,28)(H,22,23,25). The van der Waals surface area contributed by atoms with Gasteiger partial charge in [0.2, 0.25) is 5.95 Å². The summed E-state index contributed by atoms with van der Waals surface area (Å²) < 4.78 is 12.4. The molecule has 0 saturated heterocycles. The van der Waals surface area contributed by atoms with Crippen LogP contribution in [0.3, 0.4) is 0 Å². The molecule has 31 heavy (non-hydrogen) atoms. The molecule has 2 N–H and O–H groups in total. The molecule has 1 aliphatic heterocycles. The number of hydrogen-bond acceptors (Lipinski definition) is 8. The van der Waals surface area contributed by atoms with Crippen molar-refractivity contribution in [2.24, 2.45) is 0 Å². The largest absolute Gasteiger partial charge is 0.478 e. The topological polar surface area (TPSA) is 128 Å². The maximum absolute atomic E-state index is 12.0. The summed E-state index contributed by atoms with van der Waals surface area (Å²) in [4.78, 5) is 23.9. The summed E-state index contributed by atoms with van der Waals surface area (Å²) in [5, 5.41) is 24.3. The molecule has 4 rings (SSSR count). The fourth-order valence-electron chi connectivity index (χ4n) is 3.38. The van der Waals surface area contributed by atoms with E-state index in [9.17, 15) is 14.7 Å². The predicted molar refractivity (Wildman–Crippen MR) is 109 cm³/mol. The summed E-state index contributed by atoms with van der Waals surface area (Å²) in [5.41, 5.74) is 1.52. The number of hydrogen-bond donors (Lipinski definition) is 2. The lowest BCUT2D eigenvalue weighted by Gasteiger charge is -2.27. The van der Waals surface area contributed by atoms with Crippen LogP contribution in [0.5, 0.6) is 11.5 Å². The molecule has 10 heteroatoms. The van der Waals surface area contributed by atoms with E-state index in [0.29, 0.717) is 40.9 Å². The lowest BCUT2D eigenvalue weighted by molar-refractivity contribution is -0.133. The Labute approximate surface area is 177 Å². The molecular formula is C21H19N5O5. The number of carboxylic acid groups (broad SMARTS) is 1. The molecule has 2 heterocycles. The molecule has 0 bridgehead atoms. The van der Waals surface area contributed by atoms with Gasteiger partial charge in [-0.2, -0.15) is 4.68 Å². The second kappa shape index (κ2) is 8.27. The minimum Gasteiger partial charge on any atom is -0.478 e. The number of ether oxygens (including phenoxy) is 2. The van der Waals surface area contributed by atoms with Gasteiger partial charge in [-0.15, -0.1) is 0 Å². The highest BCUT2D eigenvalue weighted by atomic mass is 16.5. The lowest BCUT2D eigenvalue weighted by Crippen LogP contribution is -2.28. The van der Waals surface area contributed by atoms with Gasteiger partial charge >= 0.3 is 11.9 Å². The maximum atomic E-state index is 12.0. The van der Waals surface area contributed by atoms with Gasteiger partial charge < -0.3 is 19.9 Å². The number of nitrogens with one attached hydrogen (secondary N) is 1. The van der Waals surface area contributed by atoms with E-state index in [0.717, 1.165) is 0 Å². The Hall–Kier alpha value is -4.21. The monoisotopic (exact) mass is 421 g/mol. The summed E-state index contributed by atoms with van der Waals surface area (Å²) >= 11 is 0. The minimum atomic E-state index is -1.09. The van der Waals surface area contributed by atoms with Gasteiger partial charge in [0.25, 0.3) is 0 Å². The second-order valence-corrected chi connectivity index (χ2v) is 6.70. The number of esters is 1. The number of carbonyl (C=O) groups is 2. The molecule has 3 aromatic rings. The van der Waals surface area contributed by atoms with E-state index < -0.39 is 18.0 Å². The number of allylic oxidation sites excluding steroid dienone is 1. The fraction of sp³-hybridized carbons (Fsp3) is 0.190. The van der Waals surface area contributed by atoms with Crippen LogP contribution in [0.1, 0.15) is 35.8 Å². The SMILES string of the molecule is CCOC(=O)c1ccc(Oc2ccccc2C2C(C(=O)O)=C(C)Nc3nnnn32)cc1. The van der Waals surface area contributed by atoms with Crippen molar-refractivity contribution in [1.82, 2.24) is 20.2 Å². The fourth-order valence-corrected chi connectivity index (χ4v) is 3.38. The van der Waals surface area contributed by atoms with Crippen LogP contribution in [-0.2, 0) is 9.53 Å². The summed E-state index contributed by atoms with van der Waals surface area (Å²) in [7, 11) is 0. The number of nitrogens with zero attached hydrogens (tertiary/aromatic N) is 4. The number of anilines is 1. The van der Waals surface area contributed by atoms with Gasteiger partial charge in [0.1, 0.15) is 17.5 Å². The normalized spacial score (nSPS) is 15.1. The molecule has 0 amide bonds. The van der Waals surface area contributed by atoms with Crippen molar-refractivity contribution in [1.29, 1.82) is 0 Å². The molecule has 0 spiro atoms. The van der Waals surface area contributed by atoms with E-state index in [1.807, 2.05) is 0 Å². The number of para-hydroxylation sites is 1. The number of fused-ring (bicyclic) bond motifs is 1. The Balaban J connectivity index is 1.71. The Kier molecular flexibility index (Phi) is 5.35. The molecule has 0 fully saturated rings. The first-order chi connectivity index (χ1) is 15.0. The third kappa shape index (κ3) is 3.82. The molecule has 1 aromatic heterocycles. The second-order valence-electron chi connectivity index (χ2n) is 6.70. The highest BCUT2D eigenvalue weighted by molar-refractivity contribution is 5.91. The van der Waals surface area contributed by atoms with E-state index in [2.05, 4.69) is 20.8 Å². The quantitative estimate of drug-likeness (QED) is 0.577. The molecule has 1 atom stereocenters. The van der Waals surface area contributed by atoms with Crippen LogP contribution in [0.4, 0.5) is 5.95 Å². The van der Waals surface area contributed by atoms with E-state index in [1.54, 1.807) is 62.4 Å². The molecule has 0 aliphatic carbocycles. The van der Waals surface area contributed by atoms with Crippen molar-refractivity contribution in [3.05, 3.63) is 70.9 Å². The van der Waals surface area contributed by atoms with Crippen molar-refractivity contribution < 1.29 is 24.2 Å². The van der Waals surface area contributed by atoms with Crippen molar-refractivity contribution in [3.8, 4) is 11.5 Å². The summed E-state index contributed by atoms with van der Waals surface area (Å²) in [6.45, 7) is 3.69. The Morgan fingerprint density at radius 3 is 2.61 bits per heavy atom. The zero-order valence-electron chi connectivity index (χ0n) is 16.8. The van der Waals surface area contributed by atoms with Crippen LogP contribution in [0.25, 0.3) is 0 Å². The predicted octanol–water partition coefficient (Wildman–Crippen LogP) is 3.02. The molecule has 1 unspecified atom stereocenters. The Bertz CT molecular complexity index is 1170. The average molecular weight is 421 g/mol. The number of carbonyl (C=O) groups excluding carboxylic acids is 1. The molecular weight excluding hydrogens is 402 g/mol. The van der Waals surface area contributed by atoms with Crippen LogP contribution < -0.4 is 10.1 Å². The number of tetrazole rings is 1. The van der Waals surface area contributed by atoms with Crippen molar-refractivity contribution in [2.75, 3.05) is 11.9 Å². The third-order valence-corrected chi connectivity index (χ3v) is 4.75. The summed E-state index contributed by atoms with van der Waals surface area (Å²) in [6, 6.07) is 12.8. The van der Waals surface area contributed by atoms with E-state index in [1.165, 1.54) is 4.68 Å². The molecule has 10 nitrogen and oxygen atoms in total. The number of carboxylic acids is 1. The first-order valence-corrected chi connectivity index (χ1v) is 9.52. The molecule has 158 valence electrons. The number of rotatable bonds is 6. The smallest absolute Gasteiger partial charge is 0.338 e. The van der Waals surface area contributed by atoms with Gasteiger partial charge in [-0.3, -0.25) is 0 Å². The number of aromatic nitrogens is 4. The Morgan fingerprint density at radius 1 is 1.16 bits per heavy atom. The number of aliphatic carboxylic acids is 1. The Morgan fingerprint density at radius 2 is 1.90 bits per heavy atom. The van der Waals surface area contributed by atoms with E-state index in [-0.39, 0.29) is 5.57 Å². The van der Waals surface area contributed by atoms with Crippen LogP contribution in [0, 0.1) is 0 Å². The first-order valence-electron chi connectivity index (χ1n) is 9.52. The first kappa shape index (κ1) is 20.1.